The second-order valence-corrected chi connectivity index (χ2v) is 8.23. The van der Waals surface area contributed by atoms with Crippen LogP contribution in [0.1, 0.15) is 43.2 Å². The standard InChI is InChI=1S/C27H23N7O2/c1-16-22(26(35)33-30-14-18-12-28-24-9-5-3-7-20(18)24)11-23(17(2)32-16)27(36)34-31-15-19-13-29-25-10-6-4-8-21(19)25/h3-15,28-29H,1-2H3,(H,33,35)(H,34,36)/b30-14-,31-15-. The molecule has 0 saturated carbocycles. The molecule has 5 rings (SSSR count). The molecule has 0 unspecified atom stereocenters. The molecule has 5 aromatic rings. The summed E-state index contributed by atoms with van der Waals surface area (Å²) >= 11 is 0. The van der Waals surface area contributed by atoms with Crippen molar-refractivity contribution < 1.29 is 9.59 Å². The first-order valence-electron chi connectivity index (χ1n) is 11.3. The maximum absolute atomic E-state index is 12.8. The van der Waals surface area contributed by atoms with Gasteiger partial charge in [0.2, 0.25) is 0 Å². The molecule has 0 atom stereocenters. The number of aromatic amines is 2. The van der Waals surface area contributed by atoms with Crippen LogP contribution in [0.5, 0.6) is 0 Å². The Hall–Kier alpha value is -5.05. The Balaban J connectivity index is 1.29. The quantitative estimate of drug-likeness (QED) is 0.216. The molecule has 0 aliphatic rings. The van der Waals surface area contributed by atoms with Crippen LogP contribution in [0.25, 0.3) is 21.8 Å². The van der Waals surface area contributed by atoms with Gasteiger partial charge in [-0.1, -0.05) is 36.4 Å². The van der Waals surface area contributed by atoms with Gasteiger partial charge in [-0.15, -0.1) is 0 Å². The van der Waals surface area contributed by atoms with Crippen molar-refractivity contribution in [2.75, 3.05) is 0 Å². The van der Waals surface area contributed by atoms with Crippen molar-refractivity contribution in [1.29, 1.82) is 0 Å². The van der Waals surface area contributed by atoms with Gasteiger partial charge < -0.3 is 9.97 Å². The van der Waals surface area contributed by atoms with E-state index in [2.05, 4.69) is 36.0 Å². The van der Waals surface area contributed by atoms with Gasteiger partial charge in [0.1, 0.15) is 0 Å². The molecule has 0 radical (unpaired) electrons. The zero-order valence-electron chi connectivity index (χ0n) is 19.7. The van der Waals surface area contributed by atoms with Gasteiger partial charge in [0.25, 0.3) is 11.8 Å². The van der Waals surface area contributed by atoms with Crippen LogP contribution in [-0.4, -0.2) is 39.2 Å². The molecular weight excluding hydrogens is 454 g/mol. The number of hydrogen-bond acceptors (Lipinski definition) is 5. The van der Waals surface area contributed by atoms with Gasteiger partial charge in [0, 0.05) is 45.3 Å². The molecule has 3 aromatic heterocycles. The molecule has 2 amide bonds. The van der Waals surface area contributed by atoms with E-state index in [1.165, 1.54) is 6.07 Å². The van der Waals surface area contributed by atoms with E-state index < -0.39 is 11.8 Å². The maximum Gasteiger partial charge on any atom is 0.273 e. The van der Waals surface area contributed by atoms with Gasteiger partial charge in [-0.2, -0.15) is 10.2 Å². The third-order valence-corrected chi connectivity index (χ3v) is 5.87. The summed E-state index contributed by atoms with van der Waals surface area (Å²) in [6.45, 7) is 3.42. The second kappa shape index (κ2) is 9.67. The van der Waals surface area contributed by atoms with E-state index in [0.29, 0.717) is 11.4 Å². The number of amides is 2. The topological polar surface area (TPSA) is 127 Å². The van der Waals surface area contributed by atoms with Crippen molar-refractivity contribution in [2.24, 2.45) is 10.2 Å². The van der Waals surface area contributed by atoms with E-state index >= 15 is 0 Å². The van der Waals surface area contributed by atoms with Crippen LogP contribution < -0.4 is 10.9 Å². The normalized spacial score (nSPS) is 11.6. The molecule has 0 aliphatic carbocycles. The lowest BCUT2D eigenvalue weighted by atomic mass is 10.1. The Morgan fingerprint density at radius 3 is 1.67 bits per heavy atom. The third-order valence-electron chi connectivity index (χ3n) is 5.87. The van der Waals surface area contributed by atoms with Crippen LogP contribution in [-0.2, 0) is 0 Å². The van der Waals surface area contributed by atoms with Gasteiger partial charge in [-0.3, -0.25) is 14.6 Å². The fourth-order valence-corrected chi connectivity index (χ4v) is 4.03. The number of nitrogens with zero attached hydrogens (tertiary/aromatic N) is 3. The number of aromatic nitrogens is 3. The molecule has 9 nitrogen and oxygen atoms in total. The number of aryl methyl sites for hydroxylation is 2. The SMILES string of the molecule is Cc1nc(C)c(C(=O)N/N=C\c2c[nH]c3ccccc23)cc1C(=O)N/N=C\c1c[nH]c2ccccc12. The van der Waals surface area contributed by atoms with Crippen molar-refractivity contribution in [3.05, 3.63) is 101 Å². The monoisotopic (exact) mass is 477 g/mol. The van der Waals surface area contributed by atoms with Crippen molar-refractivity contribution in [2.45, 2.75) is 13.8 Å². The minimum absolute atomic E-state index is 0.252. The summed E-state index contributed by atoms with van der Waals surface area (Å²) in [5.41, 5.74) is 10.2. The fraction of sp³-hybridized carbons (Fsp3) is 0.0741. The number of pyridine rings is 1. The summed E-state index contributed by atoms with van der Waals surface area (Å²) in [7, 11) is 0. The molecule has 0 spiro atoms. The smallest absolute Gasteiger partial charge is 0.273 e. The number of fused-ring (bicyclic) bond motifs is 2. The Morgan fingerprint density at radius 1 is 0.750 bits per heavy atom. The number of benzene rings is 2. The zero-order chi connectivity index (χ0) is 25.1. The van der Waals surface area contributed by atoms with Crippen molar-refractivity contribution in [1.82, 2.24) is 25.8 Å². The third kappa shape index (κ3) is 4.49. The lowest BCUT2D eigenvalue weighted by Gasteiger charge is -2.09. The Labute approximate surface area is 206 Å². The number of hydrazone groups is 2. The lowest BCUT2D eigenvalue weighted by Crippen LogP contribution is -2.23. The molecule has 9 heteroatoms. The largest absolute Gasteiger partial charge is 0.361 e. The van der Waals surface area contributed by atoms with E-state index in [0.717, 1.165) is 32.9 Å². The highest BCUT2D eigenvalue weighted by molar-refractivity contribution is 6.03. The molecule has 0 bridgehead atoms. The van der Waals surface area contributed by atoms with Gasteiger partial charge in [-0.25, -0.2) is 10.9 Å². The number of nitrogens with one attached hydrogen (secondary N) is 4. The number of H-pyrrole nitrogens is 2. The number of carbonyl (C=O) groups excluding carboxylic acids is 2. The average Bonchev–Trinajstić information content (AvgIpc) is 3.48. The maximum atomic E-state index is 12.8. The Morgan fingerprint density at radius 2 is 1.19 bits per heavy atom. The average molecular weight is 478 g/mol. The minimum Gasteiger partial charge on any atom is -0.361 e. The molecular formula is C27H23N7O2. The predicted octanol–water partition coefficient (Wildman–Crippen LogP) is 4.19. The number of carbonyl (C=O) groups is 2. The van der Waals surface area contributed by atoms with Crippen LogP contribution in [0.3, 0.4) is 0 Å². The van der Waals surface area contributed by atoms with Crippen LogP contribution in [0.15, 0.2) is 77.2 Å². The lowest BCUT2D eigenvalue weighted by molar-refractivity contribution is 0.0954. The van der Waals surface area contributed by atoms with E-state index in [-0.39, 0.29) is 11.1 Å². The minimum atomic E-state index is -0.465. The first-order valence-corrected chi connectivity index (χ1v) is 11.3. The second-order valence-electron chi connectivity index (χ2n) is 8.23. The molecule has 2 aromatic carbocycles. The predicted molar refractivity (Wildman–Crippen MR) is 140 cm³/mol. The highest BCUT2D eigenvalue weighted by Gasteiger charge is 2.17. The summed E-state index contributed by atoms with van der Waals surface area (Å²) in [5.74, 6) is -0.931. The molecule has 4 N–H and O–H groups in total. The summed E-state index contributed by atoms with van der Waals surface area (Å²) in [6.07, 6.45) is 6.78. The molecule has 0 saturated heterocycles. The molecule has 3 heterocycles. The van der Waals surface area contributed by atoms with Crippen LogP contribution in [0, 0.1) is 13.8 Å². The van der Waals surface area contributed by atoms with Gasteiger partial charge >= 0.3 is 0 Å². The van der Waals surface area contributed by atoms with Crippen LogP contribution >= 0.6 is 0 Å². The molecule has 0 aliphatic heterocycles. The van der Waals surface area contributed by atoms with Crippen LogP contribution in [0.4, 0.5) is 0 Å². The Kier molecular flexibility index (Phi) is 6.10. The molecule has 36 heavy (non-hydrogen) atoms. The number of rotatable bonds is 6. The first-order chi connectivity index (χ1) is 17.5. The number of para-hydroxylation sites is 2. The van der Waals surface area contributed by atoms with E-state index in [1.54, 1.807) is 26.3 Å². The highest BCUT2D eigenvalue weighted by Crippen LogP contribution is 2.17. The van der Waals surface area contributed by atoms with Crippen LogP contribution in [0.2, 0.25) is 0 Å². The van der Waals surface area contributed by atoms with Gasteiger partial charge in [0.15, 0.2) is 0 Å². The van der Waals surface area contributed by atoms with Gasteiger partial charge in [-0.05, 0) is 32.0 Å². The molecule has 0 fully saturated rings. The molecule has 178 valence electrons. The fourth-order valence-electron chi connectivity index (χ4n) is 4.03. The summed E-state index contributed by atoms with van der Waals surface area (Å²) in [6, 6.07) is 17.1. The zero-order valence-corrected chi connectivity index (χ0v) is 19.7. The summed E-state index contributed by atoms with van der Waals surface area (Å²) < 4.78 is 0. The van der Waals surface area contributed by atoms with E-state index in [9.17, 15) is 9.59 Å². The summed E-state index contributed by atoms with van der Waals surface area (Å²) in [5, 5.41) is 10.2. The van der Waals surface area contributed by atoms with Crippen molar-refractivity contribution in [3.63, 3.8) is 0 Å². The van der Waals surface area contributed by atoms with Gasteiger partial charge in [0.05, 0.1) is 34.9 Å². The Bertz CT molecular complexity index is 1540. The number of hydrogen-bond donors (Lipinski definition) is 4. The van der Waals surface area contributed by atoms with Crippen molar-refractivity contribution >= 4 is 46.0 Å². The highest BCUT2D eigenvalue weighted by atomic mass is 16.2. The van der Waals surface area contributed by atoms with E-state index in [1.807, 2.05) is 60.9 Å². The first kappa shape index (κ1) is 22.7. The summed E-state index contributed by atoms with van der Waals surface area (Å²) in [4.78, 5) is 36.3. The van der Waals surface area contributed by atoms with Crippen molar-refractivity contribution in [3.8, 4) is 0 Å². The van der Waals surface area contributed by atoms with E-state index in [4.69, 9.17) is 0 Å².